The molecule has 2 aromatic carbocycles. The number of morpholine rings is 1. The first-order valence-electron chi connectivity index (χ1n) is 12.4. The molecular weight excluding hydrogens is 478 g/mol. The standard InChI is InChI=1S/C27H28F2N6O2/c1-30-26-23(27-33-20-11-17(29)12-21(36-2)24(20)34-27)25(18(13-32-26)15-4-3-5-16(28)10-15)35-8-6-19-22(14-35)37-9-7-31-19/h3-5,10-13,19,22,31H,6-9,14H2,1-2H3,(H,30,32)(H,33,34). The molecule has 2 fully saturated rings. The monoisotopic (exact) mass is 506 g/mol. The summed E-state index contributed by atoms with van der Waals surface area (Å²) in [5.74, 6) is 0.684. The minimum atomic E-state index is -0.427. The summed E-state index contributed by atoms with van der Waals surface area (Å²) in [6, 6.07) is 9.48. The third-order valence-electron chi connectivity index (χ3n) is 7.11. The molecule has 10 heteroatoms. The number of aromatic nitrogens is 3. The van der Waals surface area contributed by atoms with E-state index in [-0.39, 0.29) is 18.0 Å². The molecule has 6 rings (SSSR count). The van der Waals surface area contributed by atoms with Crippen LogP contribution in [0.15, 0.2) is 42.6 Å². The highest BCUT2D eigenvalue weighted by molar-refractivity contribution is 5.96. The summed E-state index contributed by atoms with van der Waals surface area (Å²) in [7, 11) is 3.28. The molecule has 8 nitrogen and oxygen atoms in total. The second-order valence-electron chi connectivity index (χ2n) is 9.30. The van der Waals surface area contributed by atoms with E-state index in [1.165, 1.54) is 31.4 Å². The Morgan fingerprint density at radius 3 is 2.89 bits per heavy atom. The number of hydrogen-bond acceptors (Lipinski definition) is 7. The summed E-state index contributed by atoms with van der Waals surface area (Å²) < 4.78 is 40.1. The molecule has 37 heavy (non-hydrogen) atoms. The van der Waals surface area contributed by atoms with Crippen LogP contribution in [0.5, 0.6) is 5.75 Å². The number of nitrogens with zero attached hydrogens (tertiary/aromatic N) is 3. The number of aromatic amines is 1. The number of H-pyrrole nitrogens is 1. The molecule has 0 amide bonds. The van der Waals surface area contributed by atoms with Gasteiger partial charge in [-0.3, -0.25) is 0 Å². The number of benzene rings is 2. The number of methoxy groups -OCH3 is 1. The van der Waals surface area contributed by atoms with Crippen molar-refractivity contribution < 1.29 is 18.3 Å². The number of pyridine rings is 1. The Hall–Kier alpha value is -3.76. The number of anilines is 2. The van der Waals surface area contributed by atoms with Crippen LogP contribution >= 0.6 is 0 Å². The number of fused-ring (bicyclic) bond motifs is 2. The Balaban J connectivity index is 1.58. The molecule has 4 aromatic rings. The summed E-state index contributed by atoms with van der Waals surface area (Å²) in [4.78, 5) is 15.0. The molecule has 0 aliphatic carbocycles. The Kier molecular flexibility index (Phi) is 6.13. The molecule has 2 aliphatic heterocycles. The summed E-state index contributed by atoms with van der Waals surface area (Å²) in [6.07, 6.45) is 2.67. The van der Waals surface area contributed by atoms with Gasteiger partial charge >= 0.3 is 0 Å². The van der Waals surface area contributed by atoms with Gasteiger partial charge in [-0.05, 0) is 30.2 Å². The van der Waals surface area contributed by atoms with Crippen LogP contribution < -0.4 is 20.3 Å². The number of hydrogen-bond donors (Lipinski definition) is 3. The number of rotatable bonds is 5. The van der Waals surface area contributed by atoms with E-state index < -0.39 is 5.82 Å². The van der Waals surface area contributed by atoms with Crippen LogP contribution in [0.4, 0.5) is 20.3 Å². The van der Waals surface area contributed by atoms with Gasteiger partial charge in [-0.25, -0.2) is 18.7 Å². The topological polar surface area (TPSA) is 87.3 Å². The Bertz CT molecular complexity index is 1460. The fraction of sp³-hybridized carbons (Fsp3) is 0.333. The molecule has 0 bridgehead atoms. The van der Waals surface area contributed by atoms with E-state index in [1.54, 1.807) is 19.3 Å². The Morgan fingerprint density at radius 2 is 2.08 bits per heavy atom. The number of ether oxygens (including phenoxy) is 2. The molecule has 192 valence electrons. The third kappa shape index (κ3) is 4.25. The van der Waals surface area contributed by atoms with E-state index in [0.29, 0.717) is 52.7 Å². The average Bonchev–Trinajstić information content (AvgIpc) is 3.35. The first-order chi connectivity index (χ1) is 18.1. The molecule has 0 radical (unpaired) electrons. The zero-order valence-electron chi connectivity index (χ0n) is 20.6. The molecule has 2 aliphatic rings. The van der Waals surface area contributed by atoms with Crippen molar-refractivity contribution in [1.82, 2.24) is 20.3 Å². The predicted octanol–water partition coefficient (Wildman–Crippen LogP) is 4.19. The molecule has 0 spiro atoms. The van der Waals surface area contributed by atoms with Gasteiger partial charge in [-0.1, -0.05) is 12.1 Å². The number of nitrogens with one attached hydrogen (secondary N) is 3. The van der Waals surface area contributed by atoms with Crippen molar-refractivity contribution in [3.63, 3.8) is 0 Å². The number of halogens is 2. The normalized spacial score (nSPS) is 19.6. The third-order valence-corrected chi connectivity index (χ3v) is 7.11. The van der Waals surface area contributed by atoms with Crippen molar-refractivity contribution in [2.24, 2.45) is 0 Å². The van der Waals surface area contributed by atoms with Crippen molar-refractivity contribution >= 4 is 22.5 Å². The number of imidazole rings is 1. The minimum Gasteiger partial charge on any atom is -0.494 e. The van der Waals surface area contributed by atoms with Gasteiger partial charge in [-0.2, -0.15) is 0 Å². The van der Waals surface area contributed by atoms with Gasteiger partial charge in [-0.15, -0.1) is 0 Å². The average molecular weight is 507 g/mol. The molecule has 0 saturated carbocycles. The van der Waals surface area contributed by atoms with Gasteiger partial charge < -0.3 is 30.0 Å². The molecule has 4 heterocycles. The molecule has 2 aromatic heterocycles. The van der Waals surface area contributed by atoms with Gasteiger partial charge in [0.15, 0.2) is 0 Å². The fourth-order valence-corrected chi connectivity index (χ4v) is 5.41. The van der Waals surface area contributed by atoms with E-state index in [2.05, 4.69) is 25.5 Å². The molecule has 2 unspecified atom stereocenters. The predicted molar refractivity (Wildman–Crippen MR) is 139 cm³/mol. The van der Waals surface area contributed by atoms with Crippen molar-refractivity contribution in [2.75, 3.05) is 50.6 Å². The maximum Gasteiger partial charge on any atom is 0.149 e. The lowest BCUT2D eigenvalue weighted by atomic mass is 9.95. The first kappa shape index (κ1) is 23.6. The van der Waals surface area contributed by atoms with Gasteiger partial charge in [0.05, 0.1) is 36.6 Å². The maximum absolute atomic E-state index is 14.3. The Labute approximate surface area is 213 Å². The van der Waals surface area contributed by atoms with Crippen LogP contribution in [0.3, 0.4) is 0 Å². The van der Waals surface area contributed by atoms with Gasteiger partial charge in [0, 0.05) is 50.6 Å². The van der Waals surface area contributed by atoms with Crippen molar-refractivity contribution in [3.05, 3.63) is 54.2 Å². The van der Waals surface area contributed by atoms with E-state index in [9.17, 15) is 8.78 Å². The van der Waals surface area contributed by atoms with E-state index in [4.69, 9.17) is 14.5 Å². The molecular formula is C27H28F2N6O2. The molecule has 2 saturated heterocycles. The van der Waals surface area contributed by atoms with E-state index in [0.717, 1.165) is 30.8 Å². The van der Waals surface area contributed by atoms with Gasteiger partial charge in [0.2, 0.25) is 0 Å². The summed E-state index contributed by atoms with van der Waals surface area (Å²) in [5.41, 5.74) is 4.07. The highest BCUT2D eigenvalue weighted by Gasteiger charge is 2.35. The second kappa shape index (κ2) is 9.60. The van der Waals surface area contributed by atoms with Gasteiger partial charge in [0.25, 0.3) is 0 Å². The smallest absolute Gasteiger partial charge is 0.149 e. The highest BCUT2D eigenvalue weighted by atomic mass is 19.1. The summed E-state index contributed by atoms with van der Waals surface area (Å²) in [5, 5.41) is 6.74. The minimum absolute atomic E-state index is 0.0202. The molecule has 2 atom stereocenters. The van der Waals surface area contributed by atoms with Crippen LogP contribution in [-0.2, 0) is 4.74 Å². The highest BCUT2D eigenvalue weighted by Crippen LogP contribution is 2.44. The lowest BCUT2D eigenvalue weighted by molar-refractivity contribution is -0.00899. The van der Waals surface area contributed by atoms with Crippen LogP contribution in [0.25, 0.3) is 33.5 Å². The quantitative estimate of drug-likeness (QED) is 0.374. The summed E-state index contributed by atoms with van der Waals surface area (Å²) >= 11 is 0. The lowest BCUT2D eigenvalue weighted by Crippen LogP contribution is -2.58. The van der Waals surface area contributed by atoms with Crippen molar-refractivity contribution in [2.45, 2.75) is 18.6 Å². The zero-order chi connectivity index (χ0) is 25.5. The summed E-state index contributed by atoms with van der Waals surface area (Å²) in [6.45, 7) is 2.92. The van der Waals surface area contributed by atoms with E-state index >= 15 is 0 Å². The van der Waals surface area contributed by atoms with Crippen LogP contribution in [0.2, 0.25) is 0 Å². The largest absolute Gasteiger partial charge is 0.494 e. The Morgan fingerprint density at radius 1 is 1.19 bits per heavy atom. The number of piperidine rings is 1. The second-order valence-corrected chi connectivity index (χ2v) is 9.30. The van der Waals surface area contributed by atoms with Crippen molar-refractivity contribution in [1.29, 1.82) is 0 Å². The van der Waals surface area contributed by atoms with E-state index in [1.807, 2.05) is 6.07 Å². The van der Waals surface area contributed by atoms with Crippen LogP contribution in [-0.4, -0.2) is 67.5 Å². The van der Waals surface area contributed by atoms with Crippen molar-refractivity contribution in [3.8, 4) is 28.3 Å². The SMILES string of the molecule is CNc1ncc(-c2cccc(F)c2)c(N2CCC3NCCOC3C2)c1-c1nc2c(OC)cc(F)cc2[nH]1. The maximum atomic E-state index is 14.3. The van der Waals surface area contributed by atoms with Crippen LogP contribution in [0, 0.1) is 11.6 Å². The lowest BCUT2D eigenvalue weighted by Gasteiger charge is -2.43. The van der Waals surface area contributed by atoms with Crippen LogP contribution in [0.1, 0.15) is 6.42 Å². The molecule has 3 N–H and O–H groups in total. The zero-order valence-corrected chi connectivity index (χ0v) is 20.6. The van der Waals surface area contributed by atoms with Gasteiger partial charge in [0.1, 0.15) is 34.5 Å². The first-order valence-corrected chi connectivity index (χ1v) is 12.4. The fourth-order valence-electron chi connectivity index (χ4n) is 5.41.